The lowest BCUT2D eigenvalue weighted by Gasteiger charge is -2.41. The van der Waals surface area contributed by atoms with Crippen LogP contribution in [0.15, 0.2) is 60.8 Å². The normalized spacial score (nSPS) is 23.3. The maximum absolute atomic E-state index is 12.8. The first-order valence-electron chi connectivity index (χ1n) is 22.2. The standard InChI is InChI=1S/C45H77O14P/c1-3-5-7-9-11-12-13-14-15-16-20-24-28-32-38(47)56-34-37(35-57-60(54,55)59-45-43(52)41(50)40(49)42(51)44(45)53)58-39(48)33-29-25-21-18-17-19-23-27-31-36(46)30-26-22-10-8-6-4-2/h12-13,18-19,21-23,26-27,31,36-37,40-46,49-53H,3-11,14-17,20,24-25,28-30,32-35H2,1-2H3,(H,54,55)/b13-12-,21-18-,23-19-,26-22-,31-27+/t36-,37+,40?,41-,42+,43+,44+,45?/m0/s1. The number of unbranched alkanes of at least 4 members (excludes halogenated alkanes) is 13. The number of aliphatic hydroxyl groups excluding tert-OH is 6. The molecule has 7 N–H and O–H groups in total. The molecule has 60 heavy (non-hydrogen) atoms. The lowest BCUT2D eigenvalue weighted by molar-refractivity contribution is -0.220. The maximum atomic E-state index is 12.8. The lowest BCUT2D eigenvalue weighted by Crippen LogP contribution is -2.64. The van der Waals surface area contributed by atoms with E-state index in [0.717, 1.165) is 51.4 Å². The highest BCUT2D eigenvalue weighted by Gasteiger charge is 2.51. The fraction of sp³-hybridized carbons (Fsp3) is 0.733. The zero-order valence-corrected chi connectivity index (χ0v) is 37.0. The summed E-state index contributed by atoms with van der Waals surface area (Å²) < 4.78 is 33.4. The summed E-state index contributed by atoms with van der Waals surface area (Å²) in [4.78, 5) is 35.6. The molecule has 1 rings (SSSR count). The lowest BCUT2D eigenvalue weighted by atomic mass is 9.85. The van der Waals surface area contributed by atoms with Crippen molar-refractivity contribution in [1.29, 1.82) is 0 Å². The van der Waals surface area contributed by atoms with Gasteiger partial charge in [-0.05, 0) is 70.6 Å². The summed E-state index contributed by atoms with van der Waals surface area (Å²) in [6.07, 6.45) is 24.5. The highest BCUT2D eigenvalue weighted by atomic mass is 31.2. The SMILES string of the molecule is CCCCC/C=C\C[C@H](O)/C=C/C=C\C/C=C\CCCC(=O)O[C@H](COC(=O)CCCCCCC/C=C\CCCCCC)COP(=O)(O)OC1[C@H](O)[C@H](O)C(O)[C@H](O)[C@H]1O. The van der Waals surface area contributed by atoms with E-state index in [2.05, 4.69) is 32.1 Å². The third kappa shape index (κ3) is 27.5. The van der Waals surface area contributed by atoms with E-state index in [9.17, 15) is 49.7 Å². The van der Waals surface area contributed by atoms with E-state index in [1.165, 1.54) is 38.5 Å². The number of rotatable bonds is 35. The molecule has 0 aromatic rings. The van der Waals surface area contributed by atoms with Gasteiger partial charge in [0.2, 0.25) is 0 Å². The summed E-state index contributed by atoms with van der Waals surface area (Å²) in [6.45, 7) is 3.11. The molecule has 1 fully saturated rings. The number of hydrogen-bond acceptors (Lipinski definition) is 13. The van der Waals surface area contributed by atoms with E-state index >= 15 is 0 Å². The number of phosphoric ester groups is 1. The minimum atomic E-state index is -5.15. The quantitative estimate of drug-likeness (QED) is 0.0110. The first-order chi connectivity index (χ1) is 28.8. The fourth-order valence-corrected chi connectivity index (χ4v) is 7.21. The van der Waals surface area contributed by atoms with Crippen LogP contribution < -0.4 is 0 Å². The number of allylic oxidation sites excluding steroid dienone is 8. The smallest absolute Gasteiger partial charge is 0.462 e. The van der Waals surface area contributed by atoms with E-state index in [0.29, 0.717) is 32.1 Å². The molecule has 15 heteroatoms. The molecule has 0 aromatic carbocycles. The van der Waals surface area contributed by atoms with Crippen molar-refractivity contribution in [3.63, 3.8) is 0 Å². The minimum Gasteiger partial charge on any atom is -0.462 e. The van der Waals surface area contributed by atoms with Crippen LogP contribution in [0.1, 0.15) is 149 Å². The van der Waals surface area contributed by atoms with E-state index in [4.69, 9.17) is 18.5 Å². The molecule has 346 valence electrons. The molecule has 0 radical (unpaired) electrons. The van der Waals surface area contributed by atoms with Gasteiger partial charge in [-0.1, -0.05) is 126 Å². The van der Waals surface area contributed by atoms with Crippen molar-refractivity contribution in [1.82, 2.24) is 0 Å². The van der Waals surface area contributed by atoms with Crippen LogP contribution >= 0.6 is 7.82 Å². The van der Waals surface area contributed by atoms with Gasteiger partial charge in [0.25, 0.3) is 0 Å². The van der Waals surface area contributed by atoms with Crippen molar-refractivity contribution in [2.45, 2.75) is 198 Å². The van der Waals surface area contributed by atoms with E-state index < -0.39 is 81.8 Å². The summed E-state index contributed by atoms with van der Waals surface area (Å²) in [7, 11) is -5.15. The Kier molecular flexibility index (Phi) is 32.4. The Bertz CT molecular complexity index is 1300. The van der Waals surface area contributed by atoms with Gasteiger partial charge in [-0.2, -0.15) is 0 Å². The Labute approximate surface area is 358 Å². The minimum absolute atomic E-state index is 0.0150. The van der Waals surface area contributed by atoms with Crippen LogP contribution in [-0.2, 0) is 32.7 Å². The van der Waals surface area contributed by atoms with Crippen LogP contribution in [0, 0.1) is 0 Å². The summed E-state index contributed by atoms with van der Waals surface area (Å²) in [5.74, 6) is -1.22. The van der Waals surface area contributed by atoms with Gasteiger partial charge < -0.3 is 45.0 Å². The number of esters is 2. The first kappa shape index (κ1) is 55.5. The van der Waals surface area contributed by atoms with Crippen LogP contribution in [0.25, 0.3) is 0 Å². The van der Waals surface area contributed by atoms with Crippen LogP contribution in [0.2, 0.25) is 0 Å². The van der Waals surface area contributed by atoms with Crippen LogP contribution in [-0.4, -0.2) is 110 Å². The molecule has 0 saturated heterocycles. The predicted octanol–water partition coefficient (Wildman–Crippen LogP) is 7.14. The molecule has 0 amide bonds. The Morgan fingerprint density at radius 1 is 0.600 bits per heavy atom. The molecule has 1 aliphatic carbocycles. The van der Waals surface area contributed by atoms with Gasteiger partial charge in [0.1, 0.15) is 43.2 Å². The highest BCUT2D eigenvalue weighted by Crippen LogP contribution is 2.47. The van der Waals surface area contributed by atoms with Gasteiger partial charge >= 0.3 is 19.8 Å². The summed E-state index contributed by atoms with van der Waals surface area (Å²) in [5, 5.41) is 60.1. The number of ether oxygens (including phenoxy) is 2. The van der Waals surface area contributed by atoms with Gasteiger partial charge in [-0.25, -0.2) is 4.57 Å². The van der Waals surface area contributed by atoms with Crippen molar-refractivity contribution in [3.8, 4) is 0 Å². The van der Waals surface area contributed by atoms with Gasteiger partial charge in [0.15, 0.2) is 6.10 Å². The van der Waals surface area contributed by atoms with Crippen molar-refractivity contribution >= 4 is 19.8 Å². The highest BCUT2D eigenvalue weighted by molar-refractivity contribution is 7.47. The van der Waals surface area contributed by atoms with E-state index in [1.807, 2.05) is 30.4 Å². The summed E-state index contributed by atoms with van der Waals surface area (Å²) >= 11 is 0. The molecule has 0 bridgehead atoms. The van der Waals surface area contributed by atoms with Crippen LogP contribution in [0.3, 0.4) is 0 Å². The largest absolute Gasteiger partial charge is 0.472 e. The molecule has 0 aliphatic heterocycles. The summed E-state index contributed by atoms with van der Waals surface area (Å²) in [6, 6.07) is 0. The number of hydrogen-bond donors (Lipinski definition) is 7. The molecule has 0 spiro atoms. The van der Waals surface area contributed by atoms with E-state index in [-0.39, 0.29) is 12.8 Å². The first-order valence-corrected chi connectivity index (χ1v) is 23.7. The average Bonchev–Trinajstić information content (AvgIpc) is 3.22. The van der Waals surface area contributed by atoms with Crippen LogP contribution in [0.5, 0.6) is 0 Å². The van der Waals surface area contributed by atoms with Crippen molar-refractivity contribution < 1.29 is 68.2 Å². The second kappa shape index (κ2) is 35.0. The topological polar surface area (TPSA) is 230 Å². The molecule has 3 unspecified atom stereocenters. The molecule has 0 heterocycles. The monoisotopic (exact) mass is 873 g/mol. The number of carbonyl (C=O) groups excluding carboxylic acids is 2. The zero-order valence-electron chi connectivity index (χ0n) is 36.1. The second-order valence-corrected chi connectivity index (χ2v) is 16.8. The number of carbonyl (C=O) groups is 2. The number of aliphatic hydroxyl groups is 6. The number of phosphoric acid groups is 1. The van der Waals surface area contributed by atoms with Crippen molar-refractivity contribution in [2.75, 3.05) is 13.2 Å². The fourth-order valence-electron chi connectivity index (χ4n) is 6.24. The molecular formula is C45H77O14P. The van der Waals surface area contributed by atoms with Gasteiger partial charge in [-0.15, -0.1) is 0 Å². The average molecular weight is 873 g/mol. The molecule has 14 nitrogen and oxygen atoms in total. The maximum Gasteiger partial charge on any atom is 0.472 e. The summed E-state index contributed by atoms with van der Waals surface area (Å²) in [5.41, 5.74) is 0. The van der Waals surface area contributed by atoms with Crippen molar-refractivity contribution in [3.05, 3.63) is 60.8 Å². The van der Waals surface area contributed by atoms with Crippen molar-refractivity contribution in [2.24, 2.45) is 0 Å². The third-order valence-corrected chi connectivity index (χ3v) is 10.9. The zero-order chi connectivity index (χ0) is 44.4. The Morgan fingerprint density at radius 2 is 1.12 bits per heavy atom. The Balaban J connectivity index is 2.57. The van der Waals surface area contributed by atoms with Crippen LogP contribution in [0.4, 0.5) is 0 Å². The third-order valence-electron chi connectivity index (χ3n) is 9.91. The van der Waals surface area contributed by atoms with Gasteiger partial charge in [-0.3, -0.25) is 18.6 Å². The predicted molar refractivity (Wildman–Crippen MR) is 232 cm³/mol. The molecule has 0 aromatic heterocycles. The Morgan fingerprint density at radius 3 is 1.78 bits per heavy atom. The molecule has 1 saturated carbocycles. The molecule has 1 aliphatic rings. The second-order valence-electron chi connectivity index (χ2n) is 15.4. The van der Waals surface area contributed by atoms with Gasteiger partial charge in [0.05, 0.1) is 12.7 Å². The molecular weight excluding hydrogens is 795 g/mol. The van der Waals surface area contributed by atoms with Gasteiger partial charge in [0, 0.05) is 12.8 Å². The Hall–Kier alpha value is -2.49. The van der Waals surface area contributed by atoms with E-state index in [1.54, 1.807) is 12.2 Å². The molecule has 9 atom stereocenters.